The van der Waals surface area contributed by atoms with Crippen molar-refractivity contribution in [1.29, 1.82) is 0 Å². The highest BCUT2D eigenvalue weighted by atomic mass is 16.6. The van der Waals surface area contributed by atoms with Crippen molar-refractivity contribution in [1.82, 2.24) is 4.90 Å². The Kier molecular flexibility index (Phi) is 3.93. The van der Waals surface area contributed by atoms with Crippen LogP contribution in [0.2, 0.25) is 0 Å². The van der Waals surface area contributed by atoms with Crippen molar-refractivity contribution in [2.75, 3.05) is 11.4 Å². The Morgan fingerprint density at radius 3 is 2.26 bits per heavy atom. The zero-order valence-corrected chi connectivity index (χ0v) is 18.2. The lowest BCUT2D eigenvalue weighted by molar-refractivity contribution is -0.384. The van der Waals surface area contributed by atoms with Gasteiger partial charge in [-0.1, -0.05) is 72.8 Å². The van der Waals surface area contributed by atoms with Crippen LogP contribution in [0.4, 0.5) is 11.4 Å². The molecule has 0 aliphatic carbocycles. The summed E-state index contributed by atoms with van der Waals surface area (Å²) in [7, 11) is 0. The Morgan fingerprint density at radius 1 is 0.824 bits per heavy atom. The fourth-order valence-corrected chi connectivity index (χ4v) is 5.90. The highest BCUT2D eigenvalue weighted by molar-refractivity contribution is 5.69. The summed E-state index contributed by atoms with van der Waals surface area (Å²) in [5.41, 5.74) is 4.26. The van der Waals surface area contributed by atoms with E-state index in [4.69, 9.17) is 4.74 Å². The Hall–Kier alpha value is -4.16. The Balaban J connectivity index is 1.49. The fourth-order valence-electron chi connectivity index (χ4n) is 5.90. The zero-order valence-electron chi connectivity index (χ0n) is 18.2. The summed E-state index contributed by atoms with van der Waals surface area (Å²) < 4.78 is 6.47. The van der Waals surface area contributed by atoms with Crippen LogP contribution in [0.1, 0.15) is 28.9 Å². The van der Waals surface area contributed by atoms with Crippen LogP contribution in [0.25, 0.3) is 0 Å². The van der Waals surface area contributed by atoms with Gasteiger partial charge in [-0.3, -0.25) is 15.0 Å². The van der Waals surface area contributed by atoms with Crippen molar-refractivity contribution in [2.45, 2.75) is 17.7 Å². The molecule has 0 radical (unpaired) electrons. The first-order valence-electron chi connectivity index (χ1n) is 11.4. The number of nitro groups is 1. The van der Waals surface area contributed by atoms with E-state index >= 15 is 0 Å². The van der Waals surface area contributed by atoms with E-state index < -0.39 is 0 Å². The molecule has 0 spiro atoms. The number of para-hydroxylation sites is 3. The SMILES string of the molecule is O=[N+]([O-])c1ccc([C@]23CN2[C@@H](c2ccccc2)N2c4ccccc4Oc4ccccc4[C@H]23)cc1. The quantitative estimate of drug-likeness (QED) is 0.213. The molecule has 3 heterocycles. The van der Waals surface area contributed by atoms with Crippen LogP contribution in [0.15, 0.2) is 103 Å². The van der Waals surface area contributed by atoms with E-state index in [1.54, 1.807) is 12.1 Å². The van der Waals surface area contributed by atoms with Gasteiger partial charge in [0.15, 0.2) is 5.75 Å². The molecule has 7 rings (SSSR count). The van der Waals surface area contributed by atoms with Crippen molar-refractivity contribution in [2.24, 2.45) is 0 Å². The summed E-state index contributed by atoms with van der Waals surface area (Å²) >= 11 is 0. The molecule has 4 aromatic carbocycles. The van der Waals surface area contributed by atoms with Gasteiger partial charge < -0.3 is 9.64 Å². The van der Waals surface area contributed by atoms with Crippen LogP contribution >= 0.6 is 0 Å². The van der Waals surface area contributed by atoms with Crippen LogP contribution < -0.4 is 9.64 Å². The third-order valence-corrected chi connectivity index (χ3v) is 7.36. The topological polar surface area (TPSA) is 58.6 Å². The lowest BCUT2D eigenvalue weighted by atomic mass is 9.85. The number of nitrogens with zero attached hydrogens (tertiary/aromatic N) is 3. The number of benzene rings is 4. The van der Waals surface area contributed by atoms with E-state index in [1.165, 1.54) is 5.56 Å². The maximum absolute atomic E-state index is 11.3. The summed E-state index contributed by atoms with van der Waals surface area (Å²) in [6, 6.07) is 34.0. The van der Waals surface area contributed by atoms with E-state index in [0.29, 0.717) is 0 Å². The predicted octanol–water partition coefficient (Wildman–Crippen LogP) is 6.17. The van der Waals surface area contributed by atoms with E-state index in [0.717, 1.165) is 34.9 Å². The number of anilines is 1. The second-order valence-electron chi connectivity index (χ2n) is 9.06. The average Bonchev–Trinajstić information content (AvgIpc) is 3.57. The van der Waals surface area contributed by atoms with Gasteiger partial charge in [0.05, 0.1) is 22.2 Å². The number of hydrogen-bond donors (Lipinski definition) is 0. The Labute approximate surface area is 196 Å². The zero-order chi connectivity index (χ0) is 22.9. The lowest BCUT2D eigenvalue weighted by Gasteiger charge is -2.35. The van der Waals surface area contributed by atoms with Crippen molar-refractivity contribution in [3.05, 3.63) is 130 Å². The first kappa shape index (κ1) is 19.3. The average molecular weight is 447 g/mol. The normalized spacial score (nSPS) is 25.8. The molecule has 0 aromatic heterocycles. The van der Waals surface area contributed by atoms with E-state index in [2.05, 4.69) is 58.3 Å². The molecule has 2 fully saturated rings. The molecule has 3 aliphatic rings. The highest BCUT2D eigenvalue weighted by Gasteiger charge is 2.71. The third kappa shape index (κ3) is 2.54. The third-order valence-electron chi connectivity index (χ3n) is 7.36. The first-order chi connectivity index (χ1) is 16.7. The summed E-state index contributed by atoms with van der Waals surface area (Å²) in [5, 5.41) is 11.3. The maximum atomic E-state index is 11.3. The minimum absolute atomic E-state index is 0.0114. The fraction of sp³-hybridized carbons (Fsp3) is 0.143. The van der Waals surface area contributed by atoms with Gasteiger partial charge in [0.2, 0.25) is 0 Å². The van der Waals surface area contributed by atoms with Gasteiger partial charge >= 0.3 is 0 Å². The van der Waals surface area contributed by atoms with Gasteiger partial charge in [0, 0.05) is 24.2 Å². The van der Waals surface area contributed by atoms with Crippen molar-refractivity contribution >= 4 is 11.4 Å². The second-order valence-corrected chi connectivity index (χ2v) is 9.06. The molecular formula is C28H21N3O3. The molecule has 2 saturated heterocycles. The molecule has 6 heteroatoms. The number of hydrogen-bond acceptors (Lipinski definition) is 5. The van der Waals surface area contributed by atoms with E-state index in [-0.39, 0.29) is 28.4 Å². The van der Waals surface area contributed by atoms with Gasteiger partial charge in [-0.05, 0) is 29.3 Å². The summed E-state index contributed by atoms with van der Waals surface area (Å²) in [6.07, 6.45) is 0.0114. The number of non-ortho nitro benzene ring substituents is 1. The first-order valence-corrected chi connectivity index (χ1v) is 11.4. The predicted molar refractivity (Wildman–Crippen MR) is 129 cm³/mol. The van der Waals surface area contributed by atoms with Crippen LogP contribution in [-0.2, 0) is 5.54 Å². The number of nitro benzene ring substituents is 1. The largest absolute Gasteiger partial charge is 0.455 e. The molecule has 0 bridgehead atoms. The monoisotopic (exact) mass is 447 g/mol. The number of ether oxygens (including phenoxy) is 1. The smallest absolute Gasteiger partial charge is 0.269 e. The minimum Gasteiger partial charge on any atom is -0.455 e. The standard InChI is InChI=1S/C28H21N3O3/c32-31(33)21-16-14-20(15-17-21)28-18-29(28)27(19-8-2-1-3-9-19)30-23-11-5-7-13-25(23)34-24-12-6-4-10-22(24)26(28)30/h1-17,26-27H,18H2/t26-,27+,28-,29?/m0/s1. The summed E-state index contributed by atoms with van der Waals surface area (Å²) in [6.45, 7) is 0.863. The molecule has 4 aromatic rings. The molecule has 0 N–H and O–H groups in total. The van der Waals surface area contributed by atoms with Crippen molar-refractivity contribution in [3.8, 4) is 11.5 Å². The molecular weight excluding hydrogens is 426 g/mol. The Bertz CT molecular complexity index is 1420. The van der Waals surface area contributed by atoms with Gasteiger partial charge in [-0.2, -0.15) is 0 Å². The minimum atomic E-state index is -0.342. The molecule has 4 atom stereocenters. The molecule has 0 saturated carbocycles. The Morgan fingerprint density at radius 2 is 1.50 bits per heavy atom. The van der Waals surface area contributed by atoms with Gasteiger partial charge in [0.1, 0.15) is 11.9 Å². The summed E-state index contributed by atoms with van der Waals surface area (Å²) in [5.74, 6) is 1.68. The van der Waals surface area contributed by atoms with Gasteiger partial charge in [-0.25, -0.2) is 0 Å². The van der Waals surface area contributed by atoms with Crippen molar-refractivity contribution in [3.63, 3.8) is 0 Å². The molecule has 6 nitrogen and oxygen atoms in total. The molecule has 34 heavy (non-hydrogen) atoms. The van der Waals surface area contributed by atoms with E-state index in [9.17, 15) is 10.1 Å². The van der Waals surface area contributed by atoms with Gasteiger partial charge in [-0.15, -0.1) is 0 Å². The molecule has 166 valence electrons. The van der Waals surface area contributed by atoms with Crippen LogP contribution in [0.3, 0.4) is 0 Å². The number of fused-ring (bicyclic) bond motifs is 7. The summed E-state index contributed by atoms with van der Waals surface area (Å²) in [4.78, 5) is 15.9. The molecule has 0 amide bonds. The highest BCUT2D eigenvalue weighted by Crippen LogP contribution is 2.69. The van der Waals surface area contributed by atoms with Gasteiger partial charge in [0.25, 0.3) is 5.69 Å². The maximum Gasteiger partial charge on any atom is 0.269 e. The van der Waals surface area contributed by atoms with E-state index in [1.807, 2.05) is 42.5 Å². The molecule has 3 aliphatic heterocycles. The number of rotatable bonds is 3. The lowest BCUT2D eigenvalue weighted by Crippen LogP contribution is -2.34. The van der Waals surface area contributed by atoms with Crippen molar-refractivity contribution < 1.29 is 9.66 Å². The molecule has 1 unspecified atom stereocenters. The van der Waals surface area contributed by atoms with Crippen LogP contribution in [-0.4, -0.2) is 16.4 Å². The van der Waals surface area contributed by atoms with Crippen LogP contribution in [0.5, 0.6) is 11.5 Å². The van der Waals surface area contributed by atoms with Crippen LogP contribution in [0, 0.1) is 10.1 Å². The second kappa shape index (κ2) is 6.92.